The standard InChI is InChI=1S/C17H12ClFN2O3/c18-13-6-4-12(5-7-13)17-20-15(24-21-17)10-23-16(22)9-11-2-1-3-14(19)8-11/h1-8H,9-10H2. The Morgan fingerprint density at radius 1 is 1.21 bits per heavy atom. The van der Waals surface area contributed by atoms with Gasteiger partial charge in [-0.3, -0.25) is 4.79 Å². The Kier molecular flexibility index (Phi) is 4.86. The summed E-state index contributed by atoms with van der Waals surface area (Å²) < 4.78 is 23.2. The number of nitrogens with zero attached hydrogens (tertiary/aromatic N) is 2. The fourth-order valence-corrected chi connectivity index (χ4v) is 2.16. The molecule has 0 spiro atoms. The van der Waals surface area contributed by atoms with Gasteiger partial charge >= 0.3 is 5.97 Å². The Morgan fingerprint density at radius 2 is 2.00 bits per heavy atom. The number of carbonyl (C=O) groups excluding carboxylic acids is 1. The Labute approximate surface area is 142 Å². The number of carbonyl (C=O) groups is 1. The highest BCUT2D eigenvalue weighted by atomic mass is 35.5. The molecule has 0 saturated carbocycles. The molecule has 5 nitrogen and oxygen atoms in total. The van der Waals surface area contributed by atoms with Crippen LogP contribution in [0.3, 0.4) is 0 Å². The van der Waals surface area contributed by atoms with Crippen LogP contribution in [0.25, 0.3) is 11.4 Å². The average molecular weight is 347 g/mol. The van der Waals surface area contributed by atoms with E-state index in [0.717, 1.165) is 5.56 Å². The first-order chi connectivity index (χ1) is 11.6. The molecule has 0 saturated heterocycles. The molecule has 1 heterocycles. The van der Waals surface area contributed by atoms with Crippen LogP contribution in [0.4, 0.5) is 4.39 Å². The zero-order chi connectivity index (χ0) is 16.9. The predicted molar refractivity (Wildman–Crippen MR) is 84.6 cm³/mol. The fourth-order valence-electron chi connectivity index (χ4n) is 2.04. The highest BCUT2D eigenvalue weighted by Crippen LogP contribution is 2.18. The third-order valence-corrected chi connectivity index (χ3v) is 3.42. The molecule has 0 fully saturated rings. The summed E-state index contributed by atoms with van der Waals surface area (Å²) in [6.07, 6.45) is -0.0318. The summed E-state index contributed by atoms with van der Waals surface area (Å²) in [6, 6.07) is 12.7. The predicted octanol–water partition coefficient (Wildman–Crippen LogP) is 3.82. The van der Waals surface area contributed by atoms with Gasteiger partial charge in [-0.1, -0.05) is 28.9 Å². The van der Waals surface area contributed by atoms with Crippen LogP contribution in [-0.4, -0.2) is 16.1 Å². The van der Waals surface area contributed by atoms with Crippen LogP contribution in [-0.2, 0) is 22.6 Å². The van der Waals surface area contributed by atoms with Crippen molar-refractivity contribution in [3.05, 3.63) is 70.8 Å². The summed E-state index contributed by atoms with van der Waals surface area (Å²) >= 11 is 5.82. The van der Waals surface area contributed by atoms with Gasteiger partial charge in [-0.15, -0.1) is 0 Å². The van der Waals surface area contributed by atoms with Gasteiger partial charge in [0.05, 0.1) is 6.42 Å². The molecule has 0 atom stereocenters. The van der Waals surface area contributed by atoms with Crippen LogP contribution in [0.1, 0.15) is 11.5 Å². The lowest BCUT2D eigenvalue weighted by Gasteiger charge is -2.02. The van der Waals surface area contributed by atoms with E-state index in [0.29, 0.717) is 16.4 Å². The van der Waals surface area contributed by atoms with Crippen molar-refractivity contribution in [2.45, 2.75) is 13.0 Å². The number of hydrogen-bond acceptors (Lipinski definition) is 5. The fraction of sp³-hybridized carbons (Fsp3) is 0.118. The third kappa shape index (κ3) is 4.17. The second-order valence-corrected chi connectivity index (χ2v) is 5.42. The molecule has 0 bridgehead atoms. The quantitative estimate of drug-likeness (QED) is 0.657. The van der Waals surface area contributed by atoms with E-state index in [1.54, 1.807) is 30.3 Å². The maximum absolute atomic E-state index is 13.1. The minimum absolute atomic E-state index is 0.0318. The molecule has 1 aromatic heterocycles. The monoisotopic (exact) mass is 346 g/mol. The van der Waals surface area contributed by atoms with Gasteiger partial charge in [0, 0.05) is 10.6 Å². The summed E-state index contributed by atoms with van der Waals surface area (Å²) in [6.45, 7) is -0.144. The van der Waals surface area contributed by atoms with E-state index in [-0.39, 0.29) is 18.9 Å². The Bertz CT molecular complexity index is 849. The van der Waals surface area contributed by atoms with Crippen LogP contribution < -0.4 is 0 Å². The van der Waals surface area contributed by atoms with E-state index in [2.05, 4.69) is 10.1 Å². The minimum atomic E-state index is -0.508. The summed E-state index contributed by atoms with van der Waals surface area (Å²) in [5.74, 6) is -0.355. The van der Waals surface area contributed by atoms with Crippen molar-refractivity contribution in [1.29, 1.82) is 0 Å². The largest absolute Gasteiger partial charge is 0.455 e. The second-order valence-electron chi connectivity index (χ2n) is 4.99. The molecule has 24 heavy (non-hydrogen) atoms. The smallest absolute Gasteiger partial charge is 0.310 e. The second kappa shape index (κ2) is 7.23. The molecular weight excluding hydrogens is 335 g/mol. The van der Waals surface area contributed by atoms with E-state index in [4.69, 9.17) is 20.9 Å². The topological polar surface area (TPSA) is 65.2 Å². The van der Waals surface area contributed by atoms with Gasteiger partial charge in [-0.05, 0) is 42.0 Å². The van der Waals surface area contributed by atoms with Crippen LogP contribution >= 0.6 is 11.6 Å². The lowest BCUT2D eigenvalue weighted by molar-refractivity contribution is -0.144. The molecular formula is C17H12ClFN2O3. The van der Waals surface area contributed by atoms with Crippen molar-refractivity contribution in [3.8, 4) is 11.4 Å². The normalized spacial score (nSPS) is 10.6. The first-order valence-corrected chi connectivity index (χ1v) is 7.46. The third-order valence-electron chi connectivity index (χ3n) is 3.16. The molecule has 0 aliphatic carbocycles. The van der Waals surface area contributed by atoms with Crippen LogP contribution in [0.15, 0.2) is 53.1 Å². The maximum atomic E-state index is 13.1. The average Bonchev–Trinajstić information content (AvgIpc) is 3.03. The van der Waals surface area contributed by atoms with Crippen molar-refractivity contribution >= 4 is 17.6 Å². The molecule has 0 amide bonds. The van der Waals surface area contributed by atoms with E-state index in [1.807, 2.05) is 0 Å². The van der Waals surface area contributed by atoms with Gasteiger partial charge in [0.15, 0.2) is 6.61 Å². The van der Waals surface area contributed by atoms with Crippen LogP contribution in [0.5, 0.6) is 0 Å². The molecule has 2 aromatic carbocycles. The molecule has 0 unspecified atom stereocenters. The maximum Gasteiger partial charge on any atom is 0.310 e. The van der Waals surface area contributed by atoms with Crippen molar-refractivity contribution in [3.63, 3.8) is 0 Å². The van der Waals surface area contributed by atoms with Crippen molar-refractivity contribution in [2.75, 3.05) is 0 Å². The molecule has 3 rings (SSSR count). The van der Waals surface area contributed by atoms with Gasteiger partial charge in [-0.2, -0.15) is 4.98 Å². The molecule has 0 aliphatic heterocycles. The van der Waals surface area contributed by atoms with Gasteiger partial charge in [0.25, 0.3) is 5.89 Å². The number of halogens is 2. The molecule has 7 heteroatoms. The highest BCUT2D eigenvalue weighted by molar-refractivity contribution is 6.30. The van der Waals surface area contributed by atoms with E-state index in [1.165, 1.54) is 18.2 Å². The molecule has 0 aliphatic rings. The number of hydrogen-bond donors (Lipinski definition) is 0. The van der Waals surface area contributed by atoms with Crippen LogP contribution in [0, 0.1) is 5.82 Å². The molecule has 3 aromatic rings. The SMILES string of the molecule is O=C(Cc1cccc(F)c1)OCc1nc(-c2ccc(Cl)cc2)no1. The van der Waals surface area contributed by atoms with Crippen molar-refractivity contribution in [2.24, 2.45) is 0 Å². The zero-order valence-corrected chi connectivity index (χ0v) is 13.2. The number of aromatic nitrogens is 2. The molecule has 0 N–H and O–H groups in total. The lowest BCUT2D eigenvalue weighted by Crippen LogP contribution is -2.08. The number of benzene rings is 2. The Morgan fingerprint density at radius 3 is 2.75 bits per heavy atom. The van der Waals surface area contributed by atoms with Crippen molar-refractivity contribution in [1.82, 2.24) is 10.1 Å². The summed E-state index contributed by atoms with van der Waals surface area (Å²) in [5, 5.41) is 4.42. The van der Waals surface area contributed by atoms with Gasteiger partial charge < -0.3 is 9.26 Å². The number of esters is 1. The zero-order valence-electron chi connectivity index (χ0n) is 12.4. The van der Waals surface area contributed by atoms with Crippen LogP contribution in [0.2, 0.25) is 5.02 Å². The lowest BCUT2D eigenvalue weighted by atomic mass is 10.1. The summed E-state index contributed by atoms with van der Waals surface area (Å²) in [4.78, 5) is 15.9. The first kappa shape index (κ1) is 16.1. The van der Waals surface area contributed by atoms with Crippen molar-refractivity contribution < 1.29 is 18.4 Å². The molecule has 122 valence electrons. The highest BCUT2D eigenvalue weighted by Gasteiger charge is 2.12. The van der Waals surface area contributed by atoms with E-state index in [9.17, 15) is 9.18 Å². The first-order valence-electron chi connectivity index (χ1n) is 7.09. The molecule has 0 radical (unpaired) electrons. The summed E-state index contributed by atoms with van der Waals surface area (Å²) in [5.41, 5.74) is 1.27. The van der Waals surface area contributed by atoms with E-state index >= 15 is 0 Å². The minimum Gasteiger partial charge on any atom is -0.455 e. The Balaban J connectivity index is 1.57. The van der Waals surface area contributed by atoms with Gasteiger partial charge in [-0.25, -0.2) is 4.39 Å². The number of rotatable bonds is 5. The van der Waals surface area contributed by atoms with Gasteiger partial charge in [0.2, 0.25) is 5.82 Å². The van der Waals surface area contributed by atoms with Gasteiger partial charge in [0.1, 0.15) is 5.82 Å². The van der Waals surface area contributed by atoms with E-state index < -0.39 is 11.8 Å². The summed E-state index contributed by atoms with van der Waals surface area (Å²) in [7, 11) is 0. The number of ether oxygens (including phenoxy) is 1. The Hall–Kier alpha value is -2.73.